The number of thioether (sulfide) groups is 1. The van der Waals surface area contributed by atoms with E-state index in [0.717, 1.165) is 29.2 Å². The number of anilines is 1. The minimum atomic E-state index is -0.109. The van der Waals surface area contributed by atoms with Crippen LogP contribution in [0.5, 0.6) is 0 Å². The molecule has 25 heavy (non-hydrogen) atoms. The summed E-state index contributed by atoms with van der Waals surface area (Å²) in [6.45, 7) is 6.82. The summed E-state index contributed by atoms with van der Waals surface area (Å²) in [5, 5.41) is 20.9. The Labute approximate surface area is 159 Å². The molecule has 1 atom stereocenters. The van der Waals surface area contributed by atoms with Crippen molar-refractivity contribution in [2.45, 2.75) is 44.4 Å². The monoisotopic (exact) mass is 392 g/mol. The van der Waals surface area contributed by atoms with Crippen LogP contribution in [0.2, 0.25) is 0 Å². The molecule has 1 aliphatic rings. The van der Waals surface area contributed by atoms with E-state index in [1.54, 1.807) is 16.8 Å². The molecule has 0 saturated carbocycles. The van der Waals surface area contributed by atoms with Gasteiger partial charge in [0.2, 0.25) is 5.91 Å². The second-order valence-electron chi connectivity index (χ2n) is 7.17. The number of nitrogens with one attached hydrogen (secondary N) is 1. The molecule has 5 nitrogen and oxygen atoms in total. The quantitative estimate of drug-likeness (QED) is 0.783. The Bertz CT molecular complexity index is 799. The lowest BCUT2D eigenvalue weighted by atomic mass is 9.72. The highest BCUT2D eigenvalue weighted by Crippen LogP contribution is 2.44. The van der Waals surface area contributed by atoms with Gasteiger partial charge in [0, 0.05) is 4.88 Å². The Morgan fingerprint density at radius 2 is 2.32 bits per heavy atom. The third-order valence-electron chi connectivity index (χ3n) is 4.52. The van der Waals surface area contributed by atoms with Crippen LogP contribution in [-0.4, -0.2) is 21.9 Å². The minimum Gasteiger partial charge on any atom is -0.316 e. The first-order chi connectivity index (χ1) is 11.9. The minimum absolute atomic E-state index is 0.109. The third kappa shape index (κ3) is 4.22. The first-order valence-electron chi connectivity index (χ1n) is 8.12. The molecule has 1 amide bonds. The van der Waals surface area contributed by atoms with Crippen LogP contribution >= 0.6 is 34.4 Å². The fourth-order valence-corrected chi connectivity index (χ4v) is 5.63. The first-order valence-corrected chi connectivity index (χ1v) is 10.8. The number of aromatic nitrogens is 2. The number of fused-ring (bicyclic) bond motifs is 1. The molecule has 2 aromatic heterocycles. The smallest absolute Gasteiger partial charge is 0.235 e. The van der Waals surface area contributed by atoms with Crippen LogP contribution < -0.4 is 5.32 Å². The molecule has 0 unspecified atom stereocenters. The average molecular weight is 393 g/mol. The second kappa shape index (κ2) is 7.44. The van der Waals surface area contributed by atoms with E-state index in [1.165, 1.54) is 28.0 Å². The van der Waals surface area contributed by atoms with E-state index < -0.39 is 0 Å². The van der Waals surface area contributed by atoms with Gasteiger partial charge in [0.25, 0.3) is 0 Å². The van der Waals surface area contributed by atoms with Crippen LogP contribution in [0.4, 0.5) is 5.00 Å². The summed E-state index contributed by atoms with van der Waals surface area (Å²) < 4.78 is 0.772. The van der Waals surface area contributed by atoms with Crippen molar-refractivity contribution in [1.82, 2.24) is 10.2 Å². The summed E-state index contributed by atoms with van der Waals surface area (Å²) in [6, 6.07) is 2.30. The third-order valence-corrected chi connectivity index (χ3v) is 7.55. The highest BCUT2D eigenvalue weighted by Gasteiger charge is 2.32. The fraction of sp³-hybridized carbons (Fsp3) is 0.529. The number of hydrogen-bond acceptors (Lipinski definition) is 7. The summed E-state index contributed by atoms with van der Waals surface area (Å²) in [4.78, 5) is 13.5. The molecular formula is C17H20N4OS3. The number of amides is 1. The number of rotatable bonds is 4. The number of hydrogen-bond donors (Lipinski definition) is 1. The van der Waals surface area contributed by atoms with Crippen molar-refractivity contribution >= 4 is 45.3 Å². The number of nitriles is 1. The molecular weight excluding hydrogens is 372 g/mol. The Morgan fingerprint density at radius 1 is 1.52 bits per heavy atom. The molecule has 2 aromatic rings. The van der Waals surface area contributed by atoms with Gasteiger partial charge in [-0.1, -0.05) is 43.9 Å². The molecule has 0 saturated heterocycles. The van der Waals surface area contributed by atoms with Crippen molar-refractivity contribution in [1.29, 1.82) is 5.26 Å². The average Bonchev–Trinajstić information content (AvgIpc) is 3.18. The van der Waals surface area contributed by atoms with Crippen LogP contribution in [0.25, 0.3) is 0 Å². The van der Waals surface area contributed by atoms with E-state index in [9.17, 15) is 10.1 Å². The van der Waals surface area contributed by atoms with Crippen LogP contribution in [0, 0.1) is 22.7 Å². The zero-order chi connectivity index (χ0) is 18.0. The number of thiophene rings is 1. The molecule has 132 valence electrons. The molecule has 0 radical (unpaired) electrons. The first kappa shape index (κ1) is 18.4. The SMILES string of the molecule is CC(C)(C)[C@H]1CCc2c(sc(NC(=O)CSc3nncs3)c2C#N)C1. The van der Waals surface area contributed by atoms with Gasteiger partial charge < -0.3 is 5.32 Å². The van der Waals surface area contributed by atoms with Crippen molar-refractivity contribution in [3.8, 4) is 6.07 Å². The van der Waals surface area contributed by atoms with Crippen molar-refractivity contribution in [3.05, 3.63) is 21.5 Å². The van der Waals surface area contributed by atoms with Gasteiger partial charge in [-0.2, -0.15) is 5.26 Å². The van der Waals surface area contributed by atoms with Crippen molar-refractivity contribution in [3.63, 3.8) is 0 Å². The summed E-state index contributed by atoms with van der Waals surface area (Å²) in [7, 11) is 0. The Morgan fingerprint density at radius 3 is 2.96 bits per heavy atom. The summed E-state index contributed by atoms with van der Waals surface area (Å²) in [6.07, 6.45) is 3.02. The molecule has 8 heteroatoms. The van der Waals surface area contributed by atoms with Crippen molar-refractivity contribution in [2.75, 3.05) is 11.1 Å². The molecule has 0 bridgehead atoms. The van der Waals surface area contributed by atoms with Gasteiger partial charge in [0.05, 0.1) is 11.3 Å². The zero-order valence-corrected chi connectivity index (χ0v) is 16.9. The normalized spacial score (nSPS) is 17.0. The van der Waals surface area contributed by atoms with E-state index in [-0.39, 0.29) is 17.1 Å². The molecule has 0 fully saturated rings. The standard InChI is InChI=1S/C17H20N4OS3/c1-17(2,3)10-4-5-11-12(7-18)15(25-13(11)6-10)20-14(22)8-23-16-21-19-9-24-16/h9-10H,4-6,8H2,1-3H3,(H,20,22)/t10-/m0/s1. The highest BCUT2D eigenvalue weighted by atomic mass is 32.2. The Hall–Kier alpha value is -1.43. The van der Waals surface area contributed by atoms with Gasteiger partial charge in [-0.3, -0.25) is 4.79 Å². The van der Waals surface area contributed by atoms with Gasteiger partial charge in [-0.15, -0.1) is 21.5 Å². The van der Waals surface area contributed by atoms with Crippen LogP contribution in [0.15, 0.2) is 9.85 Å². The molecule has 0 aliphatic heterocycles. The Balaban J connectivity index is 1.71. The molecule has 1 aliphatic carbocycles. The van der Waals surface area contributed by atoms with E-state index in [2.05, 4.69) is 42.4 Å². The van der Waals surface area contributed by atoms with Crippen LogP contribution in [0.1, 0.15) is 43.2 Å². The lowest BCUT2D eigenvalue weighted by Gasteiger charge is -2.33. The maximum atomic E-state index is 12.2. The van der Waals surface area contributed by atoms with E-state index >= 15 is 0 Å². The summed E-state index contributed by atoms with van der Waals surface area (Å²) >= 11 is 4.34. The highest BCUT2D eigenvalue weighted by molar-refractivity contribution is 8.01. The van der Waals surface area contributed by atoms with E-state index in [1.807, 2.05) is 0 Å². The number of carbonyl (C=O) groups excluding carboxylic acids is 1. The second-order valence-corrected chi connectivity index (χ2v) is 10.3. The molecule has 2 heterocycles. The maximum absolute atomic E-state index is 12.2. The fourth-order valence-electron chi connectivity index (χ4n) is 3.05. The molecule has 1 N–H and O–H groups in total. The largest absolute Gasteiger partial charge is 0.316 e. The van der Waals surface area contributed by atoms with Crippen molar-refractivity contribution in [2.24, 2.45) is 11.3 Å². The van der Waals surface area contributed by atoms with Crippen LogP contribution in [0.3, 0.4) is 0 Å². The summed E-state index contributed by atoms with van der Waals surface area (Å²) in [5.74, 6) is 0.775. The van der Waals surface area contributed by atoms with Gasteiger partial charge >= 0.3 is 0 Å². The lowest BCUT2D eigenvalue weighted by Crippen LogP contribution is -2.26. The van der Waals surface area contributed by atoms with Gasteiger partial charge in [0.15, 0.2) is 4.34 Å². The summed E-state index contributed by atoms with van der Waals surface area (Å²) in [5.41, 5.74) is 3.70. The van der Waals surface area contributed by atoms with Crippen molar-refractivity contribution < 1.29 is 4.79 Å². The van der Waals surface area contributed by atoms with Gasteiger partial charge in [-0.05, 0) is 36.2 Å². The molecule has 0 spiro atoms. The predicted molar refractivity (Wildman–Crippen MR) is 103 cm³/mol. The van der Waals surface area contributed by atoms with Crippen LogP contribution in [-0.2, 0) is 17.6 Å². The lowest BCUT2D eigenvalue weighted by molar-refractivity contribution is -0.113. The Kier molecular flexibility index (Phi) is 5.46. The predicted octanol–water partition coefficient (Wildman–Crippen LogP) is 4.35. The molecule has 3 rings (SSSR count). The maximum Gasteiger partial charge on any atom is 0.235 e. The number of carbonyl (C=O) groups is 1. The van der Waals surface area contributed by atoms with E-state index in [0.29, 0.717) is 16.5 Å². The van der Waals surface area contributed by atoms with E-state index in [4.69, 9.17) is 0 Å². The molecule has 0 aromatic carbocycles. The van der Waals surface area contributed by atoms with Gasteiger partial charge in [-0.25, -0.2) is 0 Å². The zero-order valence-electron chi connectivity index (χ0n) is 14.5. The number of nitrogens with zero attached hydrogens (tertiary/aromatic N) is 3. The van der Waals surface area contributed by atoms with Gasteiger partial charge in [0.1, 0.15) is 16.6 Å². The topological polar surface area (TPSA) is 78.7 Å².